The van der Waals surface area contributed by atoms with Crippen LogP contribution in [-0.2, 0) is 28.2 Å². The van der Waals surface area contributed by atoms with Gasteiger partial charge in [-0.1, -0.05) is 6.07 Å². The number of benzene rings is 1. The minimum atomic E-state index is -1.51. The number of alkyl carbamates (subject to hydrolysis) is 1. The molecule has 0 atom stereocenters. The van der Waals surface area contributed by atoms with Gasteiger partial charge in [0.1, 0.15) is 11.3 Å². The molecule has 0 saturated carbocycles. The number of carbonyl (C=O) groups excluding carboxylic acids is 2. The summed E-state index contributed by atoms with van der Waals surface area (Å²) in [5.74, 6) is -1.51. The standard InChI is InChI=1S/C22H28N2O6.Na/c1-21(2,3)30-20(28)23-8-6-7-13-9-14-12-29-22(4,5)24-11-16(19(26)27)18(25)15(10-13)17(14)24;/h9-11H,6-8,12H2,1-5H3,(H,23,28)(H,26,27);/q;+1/p-1. The average molecular weight is 438 g/mol. The summed E-state index contributed by atoms with van der Waals surface area (Å²) in [7, 11) is 0. The monoisotopic (exact) mass is 438 g/mol. The number of ether oxygens (including phenoxy) is 2. The third kappa shape index (κ3) is 5.68. The van der Waals surface area contributed by atoms with E-state index in [9.17, 15) is 19.5 Å². The van der Waals surface area contributed by atoms with Crippen molar-refractivity contribution in [1.82, 2.24) is 9.88 Å². The molecule has 2 aromatic rings. The summed E-state index contributed by atoms with van der Waals surface area (Å²) in [5, 5.41) is 14.5. The van der Waals surface area contributed by atoms with E-state index in [1.54, 1.807) is 31.4 Å². The van der Waals surface area contributed by atoms with Crippen molar-refractivity contribution < 1.29 is 53.7 Å². The first-order valence-electron chi connectivity index (χ1n) is 9.93. The Balaban J connectivity index is 0.00000341. The first-order chi connectivity index (χ1) is 13.9. The third-order valence-corrected chi connectivity index (χ3v) is 4.93. The Bertz CT molecular complexity index is 1070. The maximum Gasteiger partial charge on any atom is 1.00 e. The van der Waals surface area contributed by atoms with Gasteiger partial charge in [-0.05, 0) is 59.1 Å². The van der Waals surface area contributed by atoms with E-state index in [4.69, 9.17) is 9.47 Å². The number of aryl methyl sites for hydroxylation is 1. The van der Waals surface area contributed by atoms with Gasteiger partial charge in [-0.25, -0.2) is 4.79 Å². The van der Waals surface area contributed by atoms with Gasteiger partial charge in [-0.15, -0.1) is 0 Å². The molecule has 0 spiro atoms. The molecule has 31 heavy (non-hydrogen) atoms. The van der Waals surface area contributed by atoms with Gasteiger partial charge < -0.3 is 29.3 Å². The van der Waals surface area contributed by atoms with Crippen LogP contribution < -0.4 is 45.4 Å². The molecule has 0 radical (unpaired) electrons. The van der Waals surface area contributed by atoms with Gasteiger partial charge in [0.25, 0.3) is 0 Å². The van der Waals surface area contributed by atoms with E-state index in [1.807, 2.05) is 19.9 Å². The zero-order valence-electron chi connectivity index (χ0n) is 19.0. The average Bonchev–Trinajstić information content (AvgIpc) is 2.61. The number of rotatable bonds is 5. The molecular formula is C22H27N2NaO6. The van der Waals surface area contributed by atoms with E-state index in [0.717, 1.165) is 11.1 Å². The molecule has 8 nitrogen and oxygen atoms in total. The Morgan fingerprint density at radius 1 is 1.29 bits per heavy atom. The summed E-state index contributed by atoms with van der Waals surface area (Å²) >= 11 is 0. The van der Waals surface area contributed by atoms with Crippen molar-refractivity contribution >= 4 is 23.0 Å². The summed E-state index contributed by atoms with van der Waals surface area (Å²) in [6, 6.07) is 3.68. The number of carbonyl (C=O) groups is 2. The quantitative estimate of drug-likeness (QED) is 0.476. The number of hydrogen-bond donors (Lipinski definition) is 1. The molecule has 9 heteroatoms. The zero-order chi connectivity index (χ0) is 22.3. The number of pyridine rings is 1. The maximum atomic E-state index is 12.8. The molecule has 3 rings (SSSR count). The fraction of sp³-hybridized carbons (Fsp3) is 0.500. The molecule has 1 N–H and O–H groups in total. The smallest absolute Gasteiger partial charge is 0.545 e. The van der Waals surface area contributed by atoms with Gasteiger partial charge in [0, 0.05) is 23.7 Å². The van der Waals surface area contributed by atoms with Crippen molar-refractivity contribution in [3.63, 3.8) is 0 Å². The fourth-order valence-corrected chi connectivity index (χ4v) is 3.56. The van der Waals surface area contributed by atoms with E-state index < -0.39 is 34.4 Å². The minimum Gasteiger partial charge on any atom is -0.545 e. The van der Waals surface area contributed by atoms with Crippen LogP contribution in [0.25, 0.3) is 10.9 Å². The molecule has 1 aromatic carbocycles. The van der Waals surface area contributed by atoms with Gasteiger partial charge in [0.05, 0.1) is 23.7 Å². The number of nitrogens with zero attached hydrogens (tertiary/aromatic N) is 1. The second kappa shape index (κ2) is 9.32. The van der Waals surface area contributed by atoms with Crippen LogP contribution in [0.5, 0.6) is 0 Å². The number of nitrogens with one attached hydrogen (secondary N) is 1. The van der Waals surface area contributed by atoms with Crippen molar-refractivity contribution in [3.8, 4) is 0 Å². The van der Waals surface area contributed by atoms with Gasteiger partial charge in [0.2, 0.25) is 0 Å². The van der Waals surface area contributed by atoms with Crippen molar-refractivity contribution in [1.29, 1.82) is 0 Å². The van der Waals surface area contributed by atoms with Crippen LogP contribution in [-0.4, -0.2) is 28.8 Å². The second-order valence-electron chi connectivity index (χ2n) is 8.95. The van der Waals surface area contributed by atoms with Crippen LogP contribution in [0.3, 0.4) is 0 Å². The maximum absolute atomic E-state index is 12.8. The normalized spacial score (nSPS) is 14.6. The fourth-order valence-electron chi connectivity index (χ4n) is 3.56. The van der Waals surface area contributed by atoms with Crippen LogP contribution in [0.1, 0.15) is 62.5 Å². The van der Waals surface area contributed by atoms with Crippen molar-refractivity contribution in [2.24, 2.45) is 0 Å². The number of aromatic carboxylic acids is 1. The Morgan fingerprint density at radius 2 is 1.97 bits per heavy atom. The van der Waals surface area contributed by atoms with Gasteiger partial charge in [0.15, 0.2) is 5.43 Å². The molecule has 1 aliphatic rings. The van der Waals surface area contributed by atoms with E-state index >= 15 is 0 Å². The van der Waals surface area contributed by atoms with Crippen LogP contribution >= 0.6 is 0 Å². The summed E-state index contributed by atoms with van der Waals surface area (Å²) in [5.41, 5.74) is 0.0636. The third-order valence-electron chi connectivity index (χ3n) is 4.93. The molecular weight excluding hydrogens is 411 g/mol. The predicted octanol–water partition coefficient (Wildman–Crippen LogP) is -0.951. The molecule has 0 aliphatic carbocycles. The predicted molar refractivity (Wildman–Crippen MR) is 109 cm³/mol. The molecule has 162 valence electrons. The van der Waals surface area contributed by atoms with Crippen LogP contribution in [0.4, 0.5) is 4.79 Å². The molecule has 1 aliphatic heterocycles. The SMILES string of the molecule is CC(C)(C)OC(=O)NCCCc1cc2c3c(c1)c(=O)c(C(=O)[O-])cn3C(C)(C)OC2.[Na+]. The molecule has 0 saturated heterocycles. The minimum absolute atomic E-state index is 0. The van der Waals surface area contributed by atoms with Gasteiger partial charge in [-0.3, -0.25) is 4.79 Å². The molecule has 0 unspecified atom stereocenters. The summed E-state index contributed by atoms with van der Waals surface area (Å²) in [6.07, 6.45) is 2.04. The number of hydrogen-bond acceptors (Lipinski definition) is 6. The Hall–Kier alpha value is -1.87. The van der Waals surface area contributed by atoms with Crippen LogP contribution in [0, 0.1) is 0 Å². The number of carboxylic acid groups (broad SMARTS) is 1. The molecule has 0 fully saturated rings. The molecule has 0 bridgehead atoms. The first-order valence-corrected chi connectivity index (χ1v) is 9.93. The van der Waals surface area contributed by atoms with E-state index in [2.05, 4.69) is 5.32 Å². The number of amides is 1. The second-order valence-corrected chi connectivity index (χ2v) is 8.95. The van der Waals surface area contributed by atoms with E-state index in [-0.39, 0.29) is 29.6 Å². The Morgan fingerprint density at radius 3 is 2.58 bits per heavy atom. The zero-order valence-corrected chi connectivity index (χ0v) is 21.0. The van der Waals surface area contributed by atoms with Crippen LogP contribution in [0.2, 0.25) is 0 Å². The summed E-state index contributed by atoms with van der Waals surface area (Å²) in [4.78, 5) is 36.0. The van der Waals surface area contributed by atoms with Gasteiger partial charge in [-0.2, -0.15) is 0 Å². The van der Waals surface area contributed by atoms with Crippen molar-refractivity contribution in [2.75, 3.05) is 6.54 Å². The van der Waals surface area contributed by atoms with Crippen molar-refractivity contribution in [3.05, 3.63) is 45.2 Å². The Labute approximate surface area is 203 Å². The largest absolute Gasteiger partial charge is 1.00 e. The number of carboxylic acids is 1. The summed E-state index contributed by atoms with van der Waals surface area (Å²) < 4.78 is 12.8. The topological polar surface area (TPSA) is 110 Å². The first kappa shape index (κ1) is 25.4. The molecule has 1 aromatic heterocycles. The molecule has 2 heterocycles. The Kier molecular flexibility index (Phi) is 7.63. The molecule has 1 amide bonds. The van der Waals surface area contributed by atoms with Gasteiger partial charge >= 0.3 is 35.7 Å². The van der Waals surface area contributed by atoms with Crippen molar-refractivity contribution in [2.45, 2.75) is 65.4 Å². The van der Waals surface area contributed by atoms with Crippen LogP contribution in [0.15, 0.2) is 23.1 Å². The van der Waals surface area contributed by atoms with E-state index in [0.29, 0.717) is 36.9 Å². The number of aromatic nitrogens is 1. The summed E-state index contributed by atoms with van der Waals surface area (Å²) in [6.45, 7) is 9.75. The van der Waals surface area contributed by atoms with E-state index in [1.165, 1.54) is 6.20 Å².